The number of nitrogens with zero attached hydrogens (tertiary/aromatic N) is 5. The average Bonchev–Trinajstić information content (AvgIpc) is 3.64. The summed E-state index contributed by atoms with van der Waals surface area (Å²) < 4.78 is 1.70. The normalized spacial score (nSPS) is 17.8. The highest BCUT2D eigenvalue weighted by atomic mass is 35.5. The summed E-state index contributed by atoms with van der Waals surface area (Å²) in [6.07, 6.45) is 5.78. The van der Waals surface area contributed by atoms with Crippen LogP contribution in [-0.2, 0) is 4.79 Å². The molecule has 3 aromatic rings. The van der Waals surface area contributed by atoms with Crippen LogP contribution in [0.4, 0.5) is 0 Å². The van der Waals surface area contributed by atoms with Gasteiger partial charge in [-0.15, -0.1) is 11.3 Å². The molecule has 4 rings (SSSR count). The van der Waals surface area contributed by atoms with Crippen LogP contribution >= 0.6 is 22.9 Å². The molecule has 1 aliphatic rings. The van der Waals surface area contributed by atoms with Gasteiger partial charge in [-0.1, -0.05) is 18.0 Å². The number of likely N-dealkylation sites (tertiary alicyclic amines) is 1. The Bertz CT molecular complexity index is 1380. The number of amides is 2. The van der Waals surface area contributed by atoms with Crippen molar-refractivity contribution in [3.63, 3.8) is 0 Å². The number of fused-ring (bicyclic) bond motifs is 1. The fourth-order valence-corrected chi connectivity index (χ4v) is 5.80. The van der Waals surface area contributed by atoms with Gasteiger partial charge >= 0.3 is 0 Å². The maximum Gasteiger partial charge on any atom is 0.274 e. The van der Waals surface area contributed by atoms with Crippen molar-refractivity contribution < 1.29 is 14.4 Å². The van der Waals surface area contributed by atoms with E-state index >= 15 is 0 Å². The number of ketones is 1. The number of hydrogen-bond acceptors (Lipinski definition) is 8. The van der Waals surface area contributed by atoms with Gasteiger partial charge in [0.1, 0.15) is 22.0 Å². The molecule has 12 nitrogen and oxygen atoms in total. The van der Waals surface area contributed by atoms with Gasteiger partial charge in [-0.05, 0) is 31.4 Å². The van der Waals surface area contributed by atoms with Crippen LogP contribution < -0.4 is 22.5 Å². The molecule has 1 aliphatic heterocycles. The first kappa shape index (κ1) is 28.5. The predicted octanol–water partition coefficient (Wildman–Crippen LogP) is 1.74. The second kappa shape index (κ2) is 12.5. The molecule has 2 amide bonds. The summed E-state index contributed by atoms with van der Waals surface area (Å²) in [5.74, 6) is -1.16. The number of halogens is 1. The highest BCUT2D eigenvalue weighted by Crippen LogP contribution is 2.35. The predicted molar refractivity (Wildman–Crippen MR) is 150 cm³/mol. The zero-order valence-electron chi connectivity index (χ0n) is 21.5. The number of nitrogens with two attached hydrogens (primary N) is 3. The molecular weight excluding hydrogens is 542 g/mol. The Morgan fingerprint density at radius 1 is 1.21 bits per heavy atom. The van der Waals surface area contributed by atoms with Crippen LogP contribution in [0, 0.1) is 5.92 Å². The molecule has 7 N–H and O–H groups in total. The van der Waals surface area contributed by atoms with Crippen LogP contribution in [0.2, 0.25) is 5.02 Å². The van der Waals surface area contributed by atoms with E-state index < -0.39 is 5.92 Å². The summed E-state index contributed by atoms with van der Waals surface area (Å²) in [5.41, 5.74) is 18.1. The summed E-state index contributed by atoms with van der Waals surface area (Å²) in [7, 11) is 1.55. The van der Waals surface area contributed by atoms with E-state index in [2.05, 4.69) is 20.3 Å². The monoisotopic (exact) mass is 573 g/mol. The van der Waals surface area contributed by atoms with Gasteiger partial charge in [0, 0.05) is 56.3 Å². The first-order chi connectivity index (χ1) is 18.7. The van der Waals surface area contributed by atoms with E-state index in [0.29, 0.717) is 54.5 Å². The molecule has 3 atom stereocenters. The van der Waals surface area contributed by atoms with Gasteiger partial charge in [0.25, 0.3) is 5.91 Å². The zero-order chi connectivity index (χ0) is 28.1. The molecule has 3 aromatic heterocycles. The number of imidazole rings is 1. The Morgan fingerprint density at radius 3 is 2.74 bits per heavy atom. The Labute approximate surface area is 234 Å². The molecule has 4 heterocycles. The van der Waals surface area contributed by atoms with Crippen LogP contribution in [0.1, 0.15) is 64.1 Å². The fraction of sp³-hybridized carbons (Fsp3) is 0.440. The van der Waals surface area contributed by atoms with Crippen molar-refractivity contribution in [1.82, 2.24) is 24.6 Å². The number of aromatic nitrogens is 3. The molecule has 14 heteroatoms. The van der Waals surface area contributed by atoms with E-state index in [-0.39, 0.29) is 53.4 Å². The van der Waals surface area contributed by atoms with Crippen LogP contribution in [0.3, 0.4) is 0 Å². The molecule has 0 bridgehead atoms. The Hall–Kier alpha value is -3.55. The Morgan fingerprint density at radius 2 is 2.00 bits per heavy atom. The van der Waals surface area contributed by atoms with Gasteiger partial charge in [0.2, 0.25) is 5.91 Å². The number of Topliss-reactive ketones (excluding diaryl/α,β-unsaturated/α-hetero) is 1. The molecule has 0 saturated carbocycles. The molecule has 208 valence electrons. The average molecular weight is 574 g/mol. The van der Waals surface area contributed by atoms with Crippen LogP contribution in [0.15, 0.2) is 34.9 Å². The van der Waals surface area contributed by atoms with Gasteiger partial charge in [-0.25, -0.2) is 9.97 Å². The van der Waals surface area contributed by atoms with E-state index in [9.17, 15) is 14.4 Å². The number of hydrogen-bond donors (Lipinski definition) is 4. The molecule has 1 saturated heterocycles. The third-order valence-electron chi connectivity index (χ3n) is 6.63. The van der Waals surface area contributed by atoms with Crippen LogP contribution in [-0.4, -0.2) is 69.0 Å². The second-order valence-electron chi connectivity index (χ2n) is 9.52. The van der Waals surface area contributed by atoms with Crippen molar-refractivity contribution in [1.29, 1.82) is 0 Å². The minimum Gasteiger partial charge on any atom is -0.370 e. The number of rotatable bonds is 11. The maximum absolute atomic E-state index is 13.4. The maximum atomic E-state index is 13.4. The lowest BCUT2D eigenvalue weighted by atomic mass is 9.94. The number of pyridine rings is 1. The molecule has 39 heavy (non-hydrogen) atoms. The van der Waals surface area contributed by atoms with Crippen LogP contribution in [0.5, 0.6) is 0 Å². The molecule has 0 aromatic carbocycles. The molecule has 0 radical (unpaired) electrons. The van der Waals surface area contributed by atoms with E-state index in [1.807, 2.05) is 0 Å². The van der Waals surface area contributed by atoms with E-state index in [1.165, 1.54) is 11.3 Å². The number of carbonyl (C=O) groups excluding carboxylic acids is 3. The van der Waals surface area contributed by atoms with Gasteiger partial charge < -0.3 is 31.8 Å². The third kappa shape index (κ3) is 6.91. The number of carbonyl (C=O) groups is 3. The number of guanidine groups is 1. The van der Waals surface area contributed by atoms with Gasteiger partial charge in [-0.3, -0.25) is 19.4 Å². The lowest BCUT2D eigenvalue weighted by Crippen LogP contribution is -2.33. The van der Waals surface area contributed by atoms with Crippen molar-refractivity contribution in [2.75, 3.05) is 20.1 Å². The summed E-state index contributed by atoms with van der Waals surface area (Å²) in [6.45, 7) is 0.813. The fourth-order valence-electron chi connectivity index (χ4n) is 4.68. The van der Waals surface area contributed by atoms with Crippen molar-refractivity contribution in [2.45, 2.75) is 44.2 Å². The lowest BCUT2D eigenvalue weighted by molar-refractivity contribution is -0.124. The number of nitrogens with one attached hydrogen (secondary N) is 1. The van der Waals surface area contributed by atoms with Crippen molar-refractivity contribution in [3.05, 3.63) is 51.3 Å². The summed E-state index contributed by atoms with van der Waals surface area (Å²) >= 11 is 7.37. The zero-order valence-corrected chi connectivity index (χ0v) is 23.1. The topological polar surface area (TPSA) is 187 Å². The third-order valence-corrected chi connectivity index (χ3v) is 7.79. The van der Waals surface area contributed by atoms with Gasteiger partial charge in [0.05, 0.1) is 11.1 Å². The standard InChI is InChI=1S/C25H32ClN9O3S/c1-30-22(37)14(4-2-3-7-31-25(28)29)8-20(36)18-13-39-23(33-18)19-9-16(27)11-35(19)24(38)17-12-34-10-15(26)5-6-21(34)32-17/h5-6,10,12-14,16,19H,2-4,7-9,11,27H2,1H3,(H,30,37)(H4,28,29,31)/t14-,16-,19+/m1/s1. The quantitative estimate of drug-likeness (QED) is 0.115. The molecule has 0 unspecified atom stereocenters. The summed E-state index contributed by atoms with van der Waals surface area (Å²) in [4.78, 5) is 53.5. The number of aliphatic imine (C=N–C) groups is 1. The first-order valence-electron chi connectivity index (χ1n) is 12.6. The Balaban J connectivity index is 1.44. The molecule has 0 aliphatic carbocycles. The lowest BCUT2D eigenvalue weighted by Gasteiger charge is -2.21. The highest BCUT2D eigenvalue weighted by molar-refractivity contribution is 7.09. The first-order valence-corrected chi connectivity index (χ1v) is 13.9. The van der Waals surface area contributed by atoms with Gasteiger partial charge in [0.15, 0.2) is 11.7 Å². The SMILES string of the molecule is CNC(=O)[C@H](CCCCN=C(N)N)CC(=O)c1csc([C@@H]2C[C@@H](N)CN2C(=O)c2cn3cc(Cl)ccc3n2)n1. The van der Waals surface area contributed by atoms with Crippen molar-refractivity contribution >= 4 is 52.1 Å². The highest BCUT2D eigenvalue weighted by Gasteiger charge is 2.38. The Kier molecular flexibility index (Phi) is 9.15. The van der Waals surface area contributed by atoms with Crippen LogP contribution in [0.25, 0.3) is 5.65 Å². The second-order valence-corrected chi connectivity index (χ2v) is 10.8. The molecular formula is C25H32ClN9O3S. The minimum absolute atomic E-state index is 0.0270. The van der Waals surface area contributed by atoms with Gasteiger partial charge in [-0.2, -0.15) is 0 Å². The van der Waals surface area contributed by atoms with E-state index in [1.54, 1.807) is 46.3 Å². The number of thiazole rings is 1. The molecule has 1 fully saturated rings. The van der Waals surface area contributed by atoms with Crippen molar-refractivity contribution in [2.24, 2.45) is 28.1 Å². The smallest absolute Gasteiger partial charge is 0.274 e. The summed E-state index contributed by atoms with van der Waals surface area (Å²) in [5, 5.41) is 5.47. The minimum atomic E-state index is -0.492. The van der Waals surface area contributed by atoms with Crippen molar-refractivity contribution in [3.8, 4) is 0 Å². The number of unbranched alkanes of at least 4 members (excludes halogenated alkanes) is 1. The molecule has 0 spiro atoms. The van der Waals surface area contributed by atoms with E-state index in [0.717, 1.165) is 0 Å². The van der Waals surface area contributed by atoms with E-state index in [4.69, 9.17) is 28.8 Å². The summed E-state index contributed by atoms with van der Waals surface area (Å²) in [6, 6.07) is 2.84. The largest absolute Gasteiger partial charge is 0.370 e.